The fourth-order valence-electron chi connectivity index (χ4n) is 5.73. The first-order valence-corrected chi connectivity index (χ1v) is 16.3. The van der Waals surface area contributed by atoms with Gasteiger partial charge in [-0.3, -0.25) is 9.69 Å². The van der Waals surface area contributed by atoms with Crippen molar-refractivity contribution in [3.8, 4) is 17.2 Å². The molecule has 0 fully saturated rings. The molecule has 1 heterocycles. The number of amides is 3. The van der Waals surface area contributed by atoms with Crippen LogP contribution in [0.2, 0.25) is 0 Å². The molecule has 0 aromatic heterocycles. The van der Waals surface area contributed by atoms with E-state index in [2.05, 4.69) is 15.5 Å². The fourth-order valence-corrected chi connectivity index (χ4v) is 5.73. The second kappa shape index (κ2) is 16.1. The predicted molar refractivity (Wildman–Crippen MR) is 185 cm³/mol. The van der Waals surface area contributed by atoms with Crippen molar-refractivity contribution in [3.63, 3.8) is 0 Å². The largest absolute Gasteiger partial charge is 0.488 e. The van der Waals surface area contributed by atoms with Crippen molar-refractivity contribution in [3.05, 3.63) is 114 Å². The number of hydrogen-bond acceptors (Lipinski definition) is 6. The van der Waals surface area contributed by atoms with Gasteiger partial charge >= 0.3 is 12.2 Å². The lowest BCUT2D eigenvalue weighted by molar-refractivity contribution is -0.137. The SMILES string of the molecule is C[C@H]1CN([C@@H](C)CO)C(=O)Cc2cc(NC(=O)Nc3ccc(C(F)(F)F)cc3)ccc2O[C@H]1CN(C)Cc1ccc(Oc2ccccc2)cc1. The highest BCUT2D eigenvalue weighted by molar-refractivity contribution is 6.00. The van der Waals surface area contributed by atoms with Gasteiger partial charge in [-0.05, 0) is 86.3 Å². The Kier molecular flexibility index (Phi) is 11.7. The summed E-state index contributed by atoms with van der Waals surface area (Å²) in [4.78, 5) is 30.1. The van der Waals surface area contributed by atoms with E-state index in [1.807, 2.05) is 68.6 Å². The molecule has 3 amide bonds. The summed E-state index contributed by atoms with van der Waals surface area (Å²) >= 11 is 0. The molecule has 50 heavy (non-hydrogen) atoms. The van der Waals surface area contributed by atoms with E-state index >= 15 is 0 Å². The minimum Gasteiger partial charge on any atom is -0.488 e. The third kappa shape index (κ3) is 9.76. The number of urea groups is 1. The van der Waals surface area contributed by atoms with Crippen molar-refractivity contribution in [2.24, 2.45) is 5.92 Å². The number of anilines is 2. The zero-order valence-corrected chi connectivity index (χ0v) is 28.1. The molecule has 12 heteroatoms. The Morgan fingerprint density at radius 3 is 2.28 bits per heavy atom. The monoisotopic (exact) mass is 690 g/mol. The molecule has 1 aliphatic heterocycles. The third-order valence-corrected chi connectivity index (χ3v) is 8.49. The van der Waals surface area contributed by atoms with Crippen LogP contribution in [0.3, 0.4) is 0 Å². The summed E-state index contributed by atoms with van der Waals surface area (Å²) in [7, 11) is 2.00. The molecule has 0 saturated heterocycles. The number of aliphatic hydroxyl groups excluding tert-OH is 1. The standard InChI is InChI=1S/C38H41F3N4O5/c1-25-21-45(26(2)24-46)36(47)20-28-19-31(43-37(48)42-30-13-11-29(12-14-30)38(39,40)41)15-18-34(28)50-35(25)23-44(3)22-27-9-16-33(17-10-27)49-32-7-5-4-6-8-32/h4-19,25-26,35,46H,20-24H2,1-3H3,(H2,42,43,48)/t25-,26-,35-/m0/s1. The molecule has 3 N–H and O–H groups in total. The highest BCUT2D eigenvalue weighted by Crippen LogP contribution is 2.31. The smallest absolute Gasteiger partial charge is 0.416 e. The van der Waals surface area contributed by atoms with Crippen LogP contribution < -0.4 is 20.1 Å². The number of ether oxygens (including phenoxy) is 2. The molecular weight excluding hydrogens is 649 g/mol. The number of halogens is 3. The summed E-state index contributed by atoms with van der Waals surface area (Å²) in [6.07, 6.45) is -4.84. The number of fused-ring (bicyclic) bond motifs is 1. The molecular formula is C38H41F3N4O5. The number of aliphatic hydroxyl groups is 1. The Labute approximate surface area is 289 Å². The second-order valence-corrected chi connectivity index (χ2v) is 12.6. The van der Waals surface area contributed by atoms with Crippen LogP contribution in [0.1, 0.15) is 30.5 Å². The number of carbonyl (C=O) groups is 2. The van der Waals surface area contributed by atoms with Gasteiger partial charge in [0, 0.05) is 42.5 Å². The number of nitrogens with one attached hydrogen (secondary N) is 2. The topological polar surface area (TPSA) is 103 Å². The Morgan fingerprint density at radius 1 is 0.980 bits per heavy atom. The Bertz CT molecular complexity index is 1740. The molecule has 4 aromatic rings. The third-order valence-electron chi connectivity index (χ3n) is 8.49. The average Bonchev–Trinajstić information content (AvgIpc) is 3.12. The molecule has 1 aliphatic rings. The first-order chi connectivity index (χ1) is 23.9. The molecule has 0 bridgehead atoms. The van der Waals surface area contributed by atoms with Crippen molar-refractivity contribution in [2.45, 2.75) is 45.1 Å². The summed E-state index contributed by atoms with van der Waals surface area (Å²) < 4.78 is 51.3. The highest BCUT2D eigenvalue weighted by Gasteiger charge is 2.32. The summed E-state index contributed by atoms with van der Waals surface area (Å²) in [5, 5.41) is 15.2. The molecule has 264 valence electrons. The number of likely N-dealkylation sites (N-methyl/N-ethyl adjacent to an activating group) is 1. The van der Waals surface area contributed by atoms with E-state index in [0.29, 0.717) is 36.6 Å². The average molecular weight is 691 g/mol. The maximum Gasteiger partial charge on any atom is 0.416 e. The second-order valence-electron chi connectivity index (χ2n) is 12.6. The predicted octanol–water partition coefficient (Wildman–Crippen LogP) is 7.42. The molecule has 0 radical (unpaired) electrons. The normalized spacial score (nSPS) is 17.1. The van der Waals surface area contributed by atoms with Gasteiger partial charge in [-0.1, -0.05) is 37.3 Å². The van der Waals surface area contributed by atoms with Crippen LogP contribution in [-0.2, 0) is 23.9 Å². The molecule has 0 aliphatic carbocycles. The lowest BCUT2D eigenvalue weighted by Crippen LogP contribution is -2.47. The Morgan fingerprint density at radius 2 is 1.62 bits per heavy atom. The fraction of sp³-hybridized carbons (Fsp3) is 0.316. The Balaban J connectivity index is 1.29. The quantitative estimate of drug-likeness (QED) is 0.160. The highest BCUT2D eigenvalue weighted by atomic mass is 19.4. The number of rotatable bonds is 10. The molecule has 4 aromatic carbocycles. The molecule has 0 unspecified atom stereocenters. The van der Waals surface area contributed by atoms with Gasteiger partial charge in [0.1, 0.15) is 23.4 Å². The van der Waals surface area contributed by atoms with E-state index < -0.39 is 23.8 Å². The minimum atomic E-state index is -4.48. The molecule has 0 spiro atoms. The first-order valence-electron chi connectivity index (χ1n) is 16.3. The molecule has 5 rings (SSSR count). The number of hydrogen-bond donors (Lipinski definition) is 3. The number of alkyl halides is 3. The van der Waals surface area contributed by atoms with E-state index in [9.17, 15) is 27.9 Å². The lowest BCUT2D eigenvalue weighted by Gasteiger charge is -2.34. The van der Waals surface area contributed by atoms with Crippen molar-refractivity contribution in [2.75, 3.05) is 37.4 Å². The van der Waals surface area contributed by atoms with Gasteiger partial charge in [0.25, 0.3) is 0 Å². The van der Waals surface area contributed by atoms with Gasteiger partial charge in [0.15, 0.2) is 0 Å². The molecule has 3 atom stereocenters. The van der Waals surface area contributed by atoms with E-state index in [4.69, 9.17) is 9.47 Å². The van der Waals surface area contributed by atoms with Crippen LogP contribution in [0.4, 0.5) is 29.3 Å². The minimum absolute atomic E-state index is 0.0254. The summed E-state index contributed by atoms with van der Waals surface area (Å²) in [5.41, 5.74) is 1.36. The van der Waals surface area contributed by atoms with Crippen LogP contribution >= 0.6 is 0 Å². The van der Waals surface area contributed by atoms with E-state index in [1.165, 1.54) is 12.1 Å². The number of para-hydroxylation sites is 1. The van der Waals surface area contributed by atoms with Crippen LogP contribution in [0.15, 0.2) is 97.1 Å². The van der Waals surface area contributed by atoms with Crippen LogP contribution in [0.25, 0.3) is 0 Å². The van der Waals surface area contributed by atoms with Gasteiger partial charge in [0.2, 0.25) is 5.91 Å². The van der Waals surface area contributed by atoms with Crippen LogP contribution in [0.5, 0.6) is 17.2 Å². The van der Waals surface area contributed by atoms with Gasteiger partial charge < -0.3 is 30.1 Å². The summed E-state index contributed by atoms with van der Waals surface area (Å²) in [6.45, 7) is 5.16. The van der Waals surface area contributed by atoms with Crippen molar-refractivity contribution < 1.29 is 37.3 Å². The van der Waals surface area contributed by atoms with Gasteiger partial charge in [-0.2, -0.15) is 13.2 Å². The molecule has 0 saturated carbocycles. The Hall–Kier alpha value is -5.07. The number of carbonyl (C=O) groups excluding carboxylic acids is 2. The van der Waals surface area contributed by atoms with Gasteiger partial charge in [-0.25, -0.2) is 4.79 Å². The van der Waals surface area contributed by atoms with Crippen molar-refractivity contribution in [1.82, 2.24) is 9.80 Å². The van der Waals surface area contributed by atoms with Crippen LogP contribution in [-0.4, -0.2) is 65.7 Å². The van der Waals surface area contributed by atoms with Crippen molar-refractivity contribution >= 4 is 23.3 Å². The first kappa shape index (κ1) is 36.2. The van der Waals surface area contributed by atoms with Crippen molar-refractivity contribution in [1.29, 1.82) is 0 Å². The van der Waals surface area contributed by atoms with E-state index in [1.54, 1.807) is 30.0 Å². The zero-order chi connectivity index (χ0) is 35.8. The summed E-state index contributed by atoms with van der Waals surface area (Å²) in [6, 6.07) is 25.5. The summed E-state index contributed by atoms with van der Waals surface area (Å²) in [5.74, 6) is 1.70. The molecule has 9 nitrogen and oxygen atoms in total. The lowest BCUT2D eigenvalue weighted by atomic mass is 10.0. The van der Waals surface area contributed by atoms with Gasteiger partial charge in [-0.15, -0.1) is 0 Å². The van der Waals surface area contributed by atoms with Gasteiger partial charge in [0.05, 0.1) is 24.6 Å². The number of benzene rings is 4. The zero-order valence-electron chi connectivity index (χ0n) is 28.1. The maximum atomic E-state index is 13.6. The van der Waals surface area contributed by atoms with E-state index in [0.717, 1.165) is 29.2 Å². The van der Waals surface area contributed by atoms with E-state index in [-0.39, 0.29) is 36.6 Å². The van der Waals surface area contributed by atoms with Crippen LogP contribution in [0, 0.1) is 5.92 Å². The maximum absolute atomic E-state index is 13.6. The number of nitrogens with zero attached hydrogens (tertiary/aromatic N) is 2.